The van der Waals surface area contributed by atoms with E-state index in [-0.39, 0.29) is 17.7 Å². The van der Waals surface area contributed by atoms with Crippen LogP contribution < -0.4 is 10.1 Å². The van der Waals surface area contributed by atoms with E-state index in [1.165, 1.54) is 12.1 Å². The fourth-order valence-corrected chi connectivity index (χ4v) is 5.37. The minimum Gasteiger partial charge on any atom is -0.480 e. The number of fused-ring (bicyclic) bond motifs is 1. The van der Waals surface area contributed by atoms with Gasteiger partial charge in [0.15, 0.2) is 5.54 Å². The minimum absolute atomic E-state index is 0.0556. The first kappa shape index (κ1) is 24.5. The number of benzene rings is 3. The summed E-state index contributed by atoms with van der Waals surface area (Å²) in [7, 11) is 0. The molecular weight excluding hydrogens is 489 g/mol. The molecule has 4 unspecified atom stereocenters. The van der Waals surface area contributed by atoms with E-state index in [2.05, 4.69) is 10.1 Å². The van der Waals surface area contributed by atoms with Gasteiger partial charge in [-0.2, -0.15) is 0 Å². The van der Waals surface area contributed by atoms with E-state index in [9.17, 15) is 32.7 Å². The van der Waals surface area contributed by atoms with Gasteiger partial charge in [0, 0.05) is 6.04 Å². The van der Waals surface area contributed by atoms with Crippen LogP contribution >= 0.6 is 0 Å². The van der Waals surface area contributed by atoms with E-state index in [1.807, 2.05) is 0 Å². The fourth-order valence-electron chi connectivity index (χ4n) is 5.37. The first-order valence-electron chi connectivity index (χ1n) is 11.4. The van der Waals surface area contributed by atoms with Crippen molar-refractivity contribution in [2.45, 2.75) is 24.5 Å². The lowest BCUT2D eigenvalue weighted by Crippen LogP contribution is -2.53. The molecule has 0 aromatic heterocycles. The summed E-state index contributed by atoms with van der Waals surface area (Å²) in [5.74, 6) is -5.66. The molecule has 7 nitrogen and oxygen atoms in total. The molecule has 0 bridgehead atoms. The average Bonchev–Trinajstić information content (AvgIpc) is 3.35. The molecule has 2 aliphatic heterocycles. The van der Waals surface area contributed by atoms with E-state index in [0.29, 0.717) is 5.56 Å². The summed E-state index contributed by atoms with van der Waals surface area (Å²) in [4.78, 5) is 41.4. The van der Waals surface area contributed by atoms with Gasteiger partial charge in [-0.3, -0.25) is 19.8 Å². The average molecular weight is 510 g/mol. The Kier molecular flexibility index (Phi) is 5.99. The zero-order valence-corrected chi connectivity index (χ0v) is 19.2. The summed E-state index contributed by atoms with van der Waals surface area (Å²) >= 11 is 0. The number of carbonyl (C=O) groups is 3. The second-order valence-corrected chi connectivity index (χ2v) is 8.97. The quantitative estimate of drug-likeness (QED) is 0.487. The number of carboxylic acids is 1. The Morgan fingerprint density at radius 1 is 0.946 bits per heavy atom. The second-order valence-electron chi connectivity index (χ2n) is 8.97. The van der Waals surface area contributed by atoms with Crippen LogP contribution in [0.15, 0.2) is 84.9 Å². The molecule has 37 heavy (non-hydrogen) atoms. The van der Waals surface area contributed by atoms with Crippen LogP contribution in [0.4, 0.5) is 13.2 Å². The van der Waals surface area contributed by atoms with Crippen molar-refractivity contribution in [2.24, 2.45) is 11.8 Å². The van der Waals surface area contributed by atoms with Gasteiger partial charge in [0.25, 0.3) is 0 Å². The monoisotopic (exact) mass is 510 g/mol. The Morgan fingerprint density at radius 2 is 1.59 bits per heavy atom. The van der Waals surface area contributed by atoms with Crippen LogP contribution in [0, 0.1) is 11.8 Å². The molecule has 2 aliphatic rings. The van der Waals surface area contributed by atoms with Gasteiger partial charge in [0.1, 0.15) is 5.75 Å². The van der Waals surface area contributed by atoms with Crippen LogP contribution in [-0.4, -0.2) is 34.2 Å². The lowest BCUT2D eigenvalue weighted by atomic mass is 9.75. The van der Waals surface area contributed by atoms with Gasteiger partial charge >= 0.3 is 12.3 Å². The molecule has 0 radical (unpaired) electrons. The molecule has 2 amide bonds. The van der Waals surface area contributed by atoms with Gasteiger partial charge in [0.05, 0.1) is 18.4 Å². The third kappa shape index (κ3) is 4.23. The Balaban J connectivity index is 1.63. The van der Waals surface area contributed by atoms with E-state index in [0.717, 1.165) is 17.0 Å². The maximum atomic E-state index is 13.8. The van der Waals surface area contributed by atoms with Crippen molar-refractivity contribution in [1.29, 1.82) is 0 Å². The minimum atomic E-state index is -4.94. The number of halogens is 3. The molecule has 2 N–H and O–H groups in total. The predicted molar refractivity (Wildman–Crippen MR) is 124 cm³/mol. The summed E-state index contributed by atoms with van der Waals surface area (Å²) in [5.41, 5.74) is -0.867. The van der Waals surface area contributed by atoms with E-state index >= 15 is 0 Å². The number of rotatable bonds is 6. The number of carbonyl (C=O) groups excluding carboxylic acids is 2. The molecule has 2 fully saturated rings. The first-order chi connectivity index (χ1) is 17.6. The number of nitrogens with zero attached hydrogens (tertiary/aromatic N) is 1. The van der Waals surface area contributed by atoms with Gasteiger partial charge in [-0.15, -0.1) is 13.2 Å². The van der Waals surface area contributed by atoms with Crippen molar-refractivity contribution in [1.82, 2.24) is 10.2 Å². The largest absolute Gasteiger partial charge is 0.573 e. The van der Waals surface area contributed by atoms with Gasteiger partial charge in [-0.25, -0.2) is 4.79 Å². The van der Waals surface area contributed by atoms with Crippen LogP contribution in [0.2, 0.25) is 0 Å². The highest BCUT2D eigenvalue weighted by atomic mass is 19.4. The highest BCUT2D eigenvalue weighted by Gasteiger charge is 2.69. The molecule has 0 spiro atoms. The number of alkyl halides is 3. The van der Waals surface area contributed by atoms with Gasteiger partial charge in [-0.1, -0.05) is 72.8 Å². The Hall–Kier alpha value is -4.18. The van der Waals surface area contributed by atoms with Crippen LogP contribution in [0.5, 0.6) is 5.75 Å². The molecule has 5 rings (SSSR count). The zero-order valence-electron chi connectivity index (χ0n) is 19.2. The molecule has 0 aliphatic carbocycles. The van der Waals surface area contributed by atoms with Crippen molar-refractivity contribution in [3.05, 3.63) is 102 Å². The topological polar surface area (TPSA) is 95.9 Å². The maximum Gasteiger partial charge on any atom is 0.573 e. The Morgan fingerprint density at radius 3 is 2.22 bits per heavy atom. The molecular formula is C27H21F3N2O5. The lowest BCUT2D eigenvalue weighted by Gasteiger charge is -2.31. The Labute approximate surface area is 209 Å². The van der Waals surface area contributed by atoms with E-state index in [4.69, 9.17) is 0 Å². The third-order valence-corrected chi connectivity index (χ3v) is 6.85. The van der Waals surface area contributed by atoms with Crippen LogP contribution in [0.3, 0.4) is 0 Å². The highest BCUT2D eigenvalue weighted by Crippen LogP contribution is 2.53. The molecule has 3 aromatic rings. The first-order valence-corrected chi connectivity index (χ1v) is 11.4. The molecule has 0 saturated carbocycles. The SMILES string of the molecule is O=C1C2C(c3cccc(OC(F)(F)F)c3)NC(C(=O)O)(c3ccccc3)C2C(=O)N1Cc1ccccc1. The van der Waals surface area contributed by atoms with Crippen molar-refractivity contribution in [3.8, 4) is 5.75 Å². The smallest absolute Gasteiger partial charge is 0.480 e. The van der Waals surface area contributed by atoms with Crippen molar-refractivity contribution >= 4 is 17.8 Å². The highest BCUT2D eigenvalue weighted by molar-refractivity contribution is 6.09. The van der Waals surface area contributed by atoms with Crippen LogP contribution in [0.1, 0.15) is 22.7 Å². The van der Waals surface area contributed by atoms with Crippen molar-refractivity contribution in [3.63, 3.8) is 0 Å². The number of ether oxygens (including phenoxy) is 1. The van der Waals surface area contributed by atoms with Gasteiger partial charge in [-0.05, 0) is 28.8 Å². The van der Waals surface area contributed by atoms with Gasteiger partial charge in [0.2, 0.25) is 11.8 Å². The zero-order chi connectivity index (χ0) is 26.4. The summed E-state index contributed by atoms with van der Waals surface area (Å²) in [5, 5.41) is 13.5. The lowest BCUT2D eigenvalue weighted by molar-refractivity contribution is -0.274. The number of amides is 2. The number of hydrogen-bond donors (Lipinski definition) is 2. The summed E-state index contributed by atoms with van der Waals surface area (Å²) in [6.45, 7) is -0.0556. The van der Waals surface area contributed by atoms with Crippen molar-refractivity contribution < 1.29 is 37.4 Å². The second kappa shape index (κ2) is 9.04. The molecule has 2 heterocycles. The number of aliphatic carboxylic acids is 1. The normalized spacial score (nSPS) is 25.3. The van der Waals surface area contributed by atoms with Crippen LogP contribution in [0.25, 0.3) is 0 Å². The van der Waals surface area contributed by atoms with Crippen molar-refractivity contribution in [2.75, 3.05) is 0 Å². The van der Waals surface area contributed by atoms with E-state index < -0.39 is 53.3 Å². The molecule has 3 aromatic carbocycles. The third-order valence-electron chi connectivity index (χ3n) is 6.85. The number of hydrogen-bond acceptors (Lipinski definition) is 5. The van der Waals surface area contributed by atoms with Crippen LogP contribution in [-0.2, 0) is 26.5 Å². The number of likely N-dealkylation sites (tertiary alicyclic amines) is 1. The standard InChI is InChI=1S/C27H21F3N2O5/c28-27(29,30)37-19-13-7-10-17(14-19)22-20-21(26(31-22,25(35)36)18-11-5-2-6-12-18)24(34)32(23(20)33)15-16-8-3-1-4-9-16/h1-14,20-22,31H,15H2,(H,35,36). The maximum absolute atomic E-state index is 13.8. The molecule has 4 atom stereocenters. The number of carboxylic acid groups (broad SMARTS) is 1. The fraction of sp³-hybridized carbons (Fsp3) is 0.222. The summed E-state index contributed by atoms with van der Waals surface area (Å²) < 4.78 is 42.6. The Bertz CT molecular complexity index is 1350. The van der Waals surface area contributed by atoms with E-state index in [1.54, 1.807) is 60.7 Å². The predicted octanol–water partition coefficient (Wildman–Crippen LogP) is 4.01. The molecule has 2 saturated heterocycles. The molecule has 10 heteroatoms. The number of nitrogens with one attached hydrogen (secondary N) is 1. The number of imide groups is 1. The van der Waals surface area contributed by atoms with Gasteiger partial charge < -0.3 is 9.84 Å². The summed E-state index contributed by atoms with van der Waals surface area (Å²) in [6.07, 6.45) is -4.94. The summed E-state index contributed by atoms with van der Waals surface area (Å²) in [6, 6.07) is 20.7. The molecule has 190 valence electrons.